The molecule has 0 bridgehead atoms. The van der Waals surface area contributed by atoms with Crippen molar-refractivity contribution >= 4 is 17.3 Å². The maximum absolute atomic E-state index is 13.2. The summed E-state index contributed by atoms with van der Waals surface area (Å²) in [6, 6.07) is 10.1. The predicted molar refractivity (Wildman–Crippen MR) is 132 cm³/mol. The molecule has 1 heterocycles. The molecule has 1 saturated carbocycles. The summed E-state index contributed by atoms with van der Waals surface area (Å²) >= 11 is 0. The van der Waals surface area contributed by atoms with E-state index in [9.17, 15) is 14.7 Å². The summed E-state index contributed by atoms with van der Waals surface area (Å²) in [6.07, 6.45) is 3.48. The van der Waals surface area contributed by atoms with E-state index in [0.717, 1.165) is 12.0 Å². The summed E-state index contributed by atoms with van der Waals surface area (Å²) in [5.41, 5.74) is 3.12. The lowest BCUT2D eigenvalue weighted by Gasteiger charge is -2.27. The van der Waals surface area contributed by atoms with Gasteiger partial charge in [0.15, 0.2) is 11.6 Å². The van der Waals surface area contributed by atoms with Crippen LogP contribution in [0.2, 0.25) is 0 Å². The van der Waals surface area contributed by atoms with Crippen molar-refractivity contribution in [2.45, 2.75) is 84.6 Å². The van der Waals surface area contributed by atoms with Crippen LogP contribution in [0.1, 0.15) is 93.1 Å². The molecule has 180 valence electrons. The standard InChI is InChI=1S/C28H34N2O4/c1-5-17(2)29-21-13-19(18-9-7-6-8-10-18)14-23(32)26(21)22(31)12-11-20-27-24(33)15-28(3,4)16-25(27)34-30-20/h6-10,17,19,31H,5,11-16H2,1-4H3/b26-22+,29-21?. The van der Waals surface area contributed by atoms with Gasteiger partial charge >= 0.3 is 0 Å². The largest absolute Gasteiger partial charge is 0.511 e. The number of carbonyl (C=O) groups excluding carboxylic acids is 2. The highest BCUT2D eigenvalue weighted by atomic mass is 16.5. The fraction of sp³-hybridized carbons (Fsp3) is 0.500. The number of hydrogen-bond donors (Lipinski definition) is 1. The Balaban J connectivity index is 1.59. The van der Waals surface area contributed by atoms with Crippen molar-refractivity contribution in [3.8, 4) is 0 Å². The van der Waals surface area contributed by atoms with Gasteiger partial charge in [0.2, 0.25) is 0 Å². The molecule has 0 saturated heterocycles. The molecule has 2 unspecified atom stereocenters. The zero-order valence-corrected chi connectivity index (χ0v) is 20.6. The second kappa shape index (κ2) is 9.69. The summed E-state index contributed by atoms with van der Waals surface area (Å²) in [5.74, 6) is 0.658. The van der Waals surface area contributed by atoms with E-state index in [4.69, 9.17) is 9.52 Å². The Hall–Kier alpha value is -3.02. The molecule has 6 nitrogen and oxygen atoms in total. The first-order valence-electron chi connectivity index (χ1n) is 12.3. The number of aliphatic hydroxyl groups excluding tert-OH is 1. The summed E-state index contributed by atoms with van der Waals surface area (Å²) in [7, 11) is 0. The monoisotopic (exact) mass is 462 g/mol. The molecule has 0 aliphatic heterocycles. The van der Waals surface area contributed by atoms with Crippen molar-refractivity contribution in [3.63, 3.8) is 0 Å². The average Bonchev–Trinajstić information content (AvgIpc) is 3.19. The van der Waals surface area contributed by atoms with E-state index in [-0.39, 0.29) is 41.1 Å². The molecule has 4 rings (SSSR count). The van der Waals surface area contributed by atoms with Gasteiger partial charge in [-0.05, 0) is 36.7 Å². The number of rotatable bonds is 6. The molecule has 0 spiro atoms. The molecule has 1 aromatic heterocycles. The van der Waals surface area contributed by atoms with E-state index < -0.39 is 0 Å². The lowest BCUT2D eigenvalue weighted by Crippen LogP contribution is -2.28. The van der Waals surface area contributed by atoms with Gasteiger partial charge in [0.1, 0.15) is 11.5 Å². The highest BCUT2D eigenvalue weighted by Crippen LogP contribution is 2.37. The smallest absolute Gasteiger partial charge is 0.168 e. The summed E-state index contributed by atoms with van der Waals surface area (Å²) in [4.78, 5) is 30.8. The highest BCUT2D eigenvalue weighted by Gasteiger charge is 2.37. The van der Waals surface area contributed by atoms with Gasteiger partial charge in [-0.25, -0.2) is 0 Å². The predicted octanol–water partition coefficient (Wildman–Crippen LogP) is 5.96. The third kappa shape index (κ3) is 5.06. The number of ketones is 2. The average molecular weight is 463 g/mol. The van der Waals surface area contributed by atoms with Crippen molar-refractivity contribution in [1.29, 1.82) is 0 Å². The minimum absolute atomic E-state index is 0.0268. The van der Waals surface area contributed by atoms with Crippen LogP contribution in [-0.4, -0.2) is 33.6 Å². The number of hydrogen-bond acceptors (Lipinski definition) is 6. The first-order valence-corrected chi connectivity index (χ1v) is 12.3. The molecule has 2 atom stereocenters. The molecule has 6 heteroatoms. The fourth-order valence-corrected chi connectivity index (χ4v) is 5.01. The van der Waals surface area contributed by atoms with Crippen LogP contribution < -0.4 is 0 Å². The number of aryl methyl sites for hydroxylation is 1. The van der Waals surface area contributed by atoms with E-state index in [0.29, 0.717) is 60.4 Å². The maximum atomic E-state index is 13.2. The third-order valence-electron chi connectivity index (χ3n) is 6.95. The first-order chi connectivity index (χ1) is 16.2. The third-order valence-corrected chi connectivity index (χ3v) is 6.95. The number of fused-ring (bicyclic) bond motifs is 1. The van der Waals surface area contributed by atoms with Crippen LogP contribution in [0.15, 0.2) is 51.2 Å². The van der Waals surface area contributed by atoms with Crippen molar-refractivity contribution in [1.82, 2.24) is 5.16 Å². The molecule has 0 amide bonds. The van der Waals surface area contributed by atoms with Crippen LogP contribution in [0.4, 0.5) is 0 Å². The Morgan fingerprint density at radius 1 is 1.18 bits per heavy atom. The summed E-state index contributed by atoms with van der Waals surface area (Å²) in [5, 5.41) is 15.2. The molecule has 34 heavy (non-hydrogen) atoms. The van der Waals surface area contributed by atoms with Crippen molar-refractivity contribution < 1.29 is 19.2 Å². The Morgan fingerprint density at radius 2 is 1.91 bits per heavy atom. The van der Waals surface area contributed by atoms with Gasteiger partial charge in [-0.3, -0.25) is 14.6 Å². The zero-order chi connectivity index (χ0) is 24.5. The summed E-state index contributed by atoms with van der Waals surface area (Å²) < 4.78 is 5.48. The van der Waals surface area contributed by atoms with Gasteiger partial charge in [-0.2, -0.15) is 0 Å². The molecule has 0 radical (unpaired) electrons. The number of Topliss-reactive ketones (excluding diaryl/α,β-unsaturated/α-hetero) is 2. The topological polar surface area (TPSA) is 92.8 Å². The van der Waals surface area contributed by atoms with Gasteiger partial charge in [-0.1, -0.05) is 56.3 Å². The van der Waals surface area contributed by atoms with Gasteiger partial charge in [0.05, 0.1) is 16.8 Å². The number of aliphatic hydroxyl groups is 1. The second-order valence-corrected chi connectivity index (χ2v) is 10.5. The Kier molecular flexibility index (Phi) is 6.87. The molecule has 2 aromatic rings. The molecule has 1 aromatic carbocycles. The minimum atomic E-state index is -0.143. The van der Waals surface area contributed by atoms with Crippen LogP contribution in [0.5, 0.6) is 0 Å². The van der Waals surface area contributed by atoms with Crippen molar-refractivity contribution in [2.24, 2.45) is 10.4 Å². The van der Waals surface area contributed by atoms with Crippen LogP contribution in [0.3, 0.4) is 0 Å². The van der Waals surface area contributed by atoms with Crippen molar-refractivity contribution in [3.05, 3.63) is 64.2 Å². The van der Waals surface area contributed by atoms with Gasteiger partial charge in [0, 0.05) is 43.9 Å². The van der Waals surface area contributed by atoms with Crippen LogP contribution in [0.25, 0.3) is 0 Å². The van der Waals surface area contributed by atoms with E-state index in [1.165, 1.54) is 0 Å². The van der Waals surface area contributed by atoms with E-state index in [1.807, 2.05) is 51.1 Å². The maximum Gasteiger partial charge on any atom is 0.168 e. The minimum Gasteiger partial charge on any atom is -0.511 e. The number of aliphatic imine (C=N–C) groups is 1. The number of carbonyl (C=O) groups is 2. The van der Waals surface area contributed by atoms with E-state index in [1.54, 1.807) is 0 Å². The Labute approximate surface area is 201 Å². The van der Waals surface area contributed by atoms with E-state index in [2.05, 4.69) is 12.1 Å². The normalized spacial score (nSPS) is 23.6. The molecule has 1 N–H and O–H groups in total. The van der Waals surface area contributed by atoms with E-state index >= 15 is 0 Å². The molecular weight excluding hydrogens is 428 g/mol. The van der Waals surface area contributed by atoms with Gasteiger partial charge in [-0.15, -0.1) is 0 Å². The summed E-state index contributed by atoms with van der Waals surface area (Å²) in [6.45, 7) is 8.17. The quantitative estimate of drug-likeness (QED) is 0.422. The molecule has 2 aliphatic rings. The number of benzene rings is 1. The number of nitrogens with zero attached hydrogens (tertiary/aromatic N) is 2. The molecule has 1 fully saturated rings. The Bertz CT molecular complexity index is 1140. The van der Waals surface area contributed by atoms with Crippen LogP contribution in [0, 0.1) is 5.41 Å². The van der Waals surface area contributed by atoms with Crippen LogP contribution >= 0.6 is 0 Å². The number of aromatic nitrogens is 1. The fourth-order valence-electron chi connectivity index (χ4n) is 5.01. The van der Waals surface area contributed by atoms with Crippen LogP contribution in [-0.2, 0) is 17.6 Å². The highest BCUT2D eigenvalue weighted by molar-refractivity contribution is 6.24. The van der Waals surface area contributed by atoms with Gasteiger partial charge < -0.3 is 9.63 Å². The SMILES string of the molecule is CCC(C)N=C1CC(c2ccccc2)CC(=O)/C1=C(/O)CCc1noc2c1C(=O)CC(C)(C)C2. The molecular formula is C28H34N2O4. The zero-order valence-electron chi connectivity index (χ0n) is 20.6. The van der Waals surface area contributed by atoms with Gasteiger partial charge in [0.25, 0.3) is 0 Å². The lowest BCUT2D eigenvalue weighted by atomic mass is 9.76. The molecule has 2 aliphatic carbocycles. The first kappa shape index (κ1) is 24.1. The van der Waals surface area contributed by atoms with Crippen molar-refractivity contribution in [2.75, 3.05) is 0 Å². The second-order valence-electron chi connectivity index (χ2n) is 10.5. The number of allylic oxidation sites excluding steroid dienone is 2. The Morgan fingerprint density at radius 3 is 2.62 bits per heavy atom. The lowest BCUT2D eigenvalue weighted by molar-refractivity contribution is -0.116.